The largest absolute Gasteiger partial charge is 0.416 e. The van der Waals surface area contributed by atoms with E-state index in [-0.39, 0.29) is 18.9 Å². The van der Waals surface area contributed by atoms with Gasteiger partial charge in [0, 0.05) is 44.8 Å². The van der Waals surface area contributed by atoms with Crippen LogP contribution in [0.2, 0.25) is 0 Å². The fraction of sp³-hybridized carbons (Fsp3) is 0.409. The summed E-state index contributed by atoms with van der Waals surface area (Å²) in [5.74, 6) is -0.0878. The van der Waals surface area contributed by atoms with Crippen LogP contribution < -0.4 is 9.21 Å². The summed E-state index contributed by atoms with van der Waals surface area (Å²) in [6, 6.07) is 13.9. The van der Waals surface area contributed by atoms with E-state index in [9.17, 15) is 26.4 Å². The first-order chi connectivity index (χ1) is 15.1. The van der Waals surface area contributed by atoms with E-state index in [1.54, 1.807) is 41.3 Å². The number of anilines is 2. The van der Waals surface area contributed by atoms with Crippen LogP contribution in [0.25, 0.3) is 0 Å². The van der Waals surface area contributed by atoms with Crippen molar-refractivity contribution < 1.29 is 26.4 Å². The van der Waals surface area contributed by atoms with Crippen LogP contribution in [0.3, 0.4) is 0 Å². The molecule has 2 aromatic rings. The molecule has 174 valence electrons. The molecule has 0 saturated carbocycles. The van der Waals surface area contributed by atoms with Gasteiger partial charge in [-0.1, -0.05) is 24.3 Å². The summed E-state index contributed by atoms with van der Waals surface area (Å²) < 4.78 is 64.4. The first kappa shape index (κ1) is 23.9. The third-order valence-electron chi connectivity index (χ3n) is 5.37. The van der Waals surface area contributed by atoms with Crippen LogP contribution in [0.5, 0.6) is 0 Å². The highest BCUT2D eigenvalue weighted by Crippen LogP contribution is 2.32. The van der Waals surface area contributed by atoms with E-state index in [1.165, 1.54) is 10.4 Å². The second kappa shape index (κ2) is 9.81. The number of carbonyl (C=O) groups is 1. The van der Waals surface area contributed by atoms with Crippen molar-refractivity contribution in [2.24, 2.45) is 0 Å². The highest BCUT2D eigenvalue weighted by Gasteiger charge is 2.31. The minimum Gasteiger partial charge on any atom is -0.368 e. The number of carbonyl (C=O) groups excluding carboxylic acids is 1. The van der Waals surface area contributed by atoms with Crippen LogP contribution >= 0.6 is 0 Å². The molecule has 1 amide bonds. The number of rotatable bonds is 7. The van der Waals surface area contributed by atoms with Crippen LogP contribution in [0.15, 0.2) is 54.6 Å². The molecule has 32 heavy (non-hydrogen) atoms. The maximum Gasteiger partial charge on any atom is 0.416 e. The third kappa shape index (κ3) is 6.15. The first-order valence-corrected chi connectivity index (χ1v) is 12.1. The summed E-state index contributed by atoms with van der Waals surface area (Å²) in [4.78, 5) is 16.1. The summed E-state index contributed by atoms with van der Waals surface area (Å²) in [6.07, 6.45) is -2.70. The Morgan fingerprint density at radius 1 is 1.00 bits per heavy atom. The molecule has 1 fully saturated rings. The van der Waals surface area contributed by atoms with Crippen molar-refractivity contribution in [1.82, 2.24) is 4.90 Å². The standard InChI is InChI=1S/C22H26F3N3O3S/c1-32(30,31)28(19-8-3-2-4-9-19)12-6-11-21(29)27-15-13-26(14-16-27)20-10-5-7-18(17-20)22(23,24)25/h2-5,7-10,17H,6,11-16H2,1H3. The number of amides is 1. The SMILES string of the molecule is CS(=O)(=O)N(CCCC(=O)N1CCN(c2cccc(C(F)(F)F)c2)CC1)c1ccccc1. The maximum absolute atomic E-state index is 12.9. The number of alkyl halides is 3. The summed E-state index contributed by atoms with van der Waals surface area (Å²) in [6.45, 7) is 1.88. The van der Waals surface area contributed by atoms with Crippen LogP contribution in [-0.2, 0) is 21.0 Å². The average Bonchev–Trinajstić information content (AvgIpc) is 2.76. The zero-order valence-electron chi connectivity index (χ0n) is 17.8. The highest BCUT2D eigenvalue weighted by molar-refractivity contribution is 7.92. The van der Waals surface area contributed by atoms with Crippen molar-refractivity contribution in [3.8, 4) is 0 Å². The zero-order valence-corrected chi connectivity index (χ0v) is 18.6. The lowest BCUT2D eigenvalue weighted by Crippen LogP contribution is -2.49. The van der Waals surface area contributed by atoms with Crippen molar-refractivity contribution >= 4 is 27.3 Å². The molecule has 1 heterocycles. The fourth-order valence-electron chi connectivity index (χ4n) is 3.71. The van der Waals surface area contributed by atoms with Crippen molar-refractivity contribution in [2.45, 2.75) is 19.0 Å². The van der Waals surface area contributed by atoms with Crippen molar-refractivity contribution in [3.05, 3.63) is 60.2 Å². The van der Waals surface area contributed by atoms with Gasteiger partial charge in [-0.3, -0.25) is 9.10 Å². The second-order valence-corrected chi connectivity index (χ2v) is 9.60. The molecule has 1 aliphatic heterocycles. The van der Waals surface area contributed by atoms with Gasteiger partial charge in [-0.15, -0.1) is 0 Å². The van der Waals surface area contributed by atoms with Gasteiger partial charge >= 0.3 is 6.18 Å². The minimum absolute atomic E-state index is 0.0878. The molecular weight excluding hydrogens is 443 g/mol. The lowest BCUT2D eigenvalue weighted by Gasteiger charge is -2.36. The molecule has 1 saturated heterocycles. The van der Waals surface area contributed by atoms with Gasteiger partial charge in [0.05, 0.1) is 17.5 Å². The van der Waals surface area contributed by atoms with Gasteiger partial charge in [0.1, 0.15) is 0 Å². The molecule has 0 radical (unpaired) electrons. The Balaban J connectivity index is 1.52. The molecule has 3 rings (SSSR count). The molecule has 2 aromatic carbocycles. The van der Waals surface area contributed by atoms with Crippen molar-refractivity contribution in [2.75, 3.05) is 48.2 Å². The van der Waals surface area contributed by atoms with Gasteiger partial charge in [0.15, 0.2) is 0 Å². The monoisotopic (exact) mass is 469 g/mol. The van der Waals surface area contributed by atoms with Crippen molar-refractivity contribution in [1.29, 1.82) is 0 Å². The number of sulfonamides is 1. The van der Waals surface area contributed by atoms with E-state index in [2.05, 4.69) is 0 Å². The summed E-state index contributed by atoms with van der Waals surface area (Å²) in [7, 11) is -3.47. The number of para-hydroxylation sites is 1. The smallest absolute Gasteiger partial charge is 0.368 e. The second-order valence-electron chi connectivity index (χ2n) is 7.69. The van der Waals surface area contributed by atoms with Gasteiger partial charge in [0.25, 0.3) is 0 Å². The Bertz CT molecular complexity index is 1020. The molecule has 0 aliphatic carbocycles. The van der Waals surface area contributed by atoms with Crippen LogP contribution in [0.1, 0.15) is 18.4 Å². The molecule has 0 aromatic heterocycles. The lowest BCUT2D eigenvalue weighted by atomic mass is 10.1. The quantitative estimate of drug-likeness (QED) is 0.622. The van der Waals surface area contributed by atoms with Gasteiger partial charge in [-0.05, 0) is 36.8 Å². The molecule has 10 heteroatoms. The van der Waals surface area contributed by atoms with E-state index >= 15 is 0 Å². The number of halogens is 3. The van der Waals surface area contributed by atoms with Crippen LogP contribution in [0, 0.1) is 0 Å². The molecular formula is C22H26F3N3O3S. The molecule has 6 nitrogen and oxygen atoms in total. The summed E-state index contributed by atoms with van der Waals surface area (Å²) in [5.41, 5.74) is 0.345. The predicted octanol–water partition coefficient (Wildman–Crippen LogP) is 3.60. The highest BCUT2D eigenvalue weighted by atomic mass is 32.2. The Hall–Kier alpha value is -2.75. The molecule has 0 bridgehead atoms. The number of benzene rings is 2. The van der Waals surface area contributed by atoms with E-state index < -0.39 is 21.8 Å². The molecule has 1 aliphatic rings. The van der Waals surface area contributed by atoms with Crippen LogP contribution in [0.4, 0.5) is 24.5 Å². The number of nitrogens with zero attached hydrogens (tertiary/aromatic N) is 3. The Morgan fingerprint density at radius 3 is 2.25 bits per heavy atom. The fourth-order valence-corrected chi connectivity index (χ4v) is 4.67. The molecule has 0 spiro atoms. The zero-order chi connectivity index (χ0) is 23.4. The van der Waals surface area contributed by atoms with Gasteiger partial charge in [-0.2, -0.15) is 13.2 Å². The average molecular weight is 470 g/mol. The maximum atomic E-state index is 12.9. The minimum atomic E-state index is -4.40. The molecule has 0 atom stereocenters. The van der Waals surface area contributed by atoms with Crippen LogP contribution in [-0.4, -0.2) is 58.2 Å². The summed E-state index contributed by atoms with van der Waals surface area (Å²) >= 11 is 0. The van der Waals surface area contributed by atoms with E-state index in [0.717, 1.165) is 18.4 Å². The van der Waals surface area contributed by atoms with Gasteiger partial charge in [0.2, 0.25) is 15.9 Å². The van der Waals surface area contributed by atoms with E-state index in [0.29, 0.717) is 44.0 Å². The van der Waals surface area contributed by atoms with Gasteiger partial charge < -0.3 is 9.80 Å². The molecule has 0 unspecified atom stereocenters. The van der Waals surface area contributed by atoms with Crippen molar-refractivity contribution in [3.63, 3.8) is 0 Å². The Kier molecular flexibility index (Phi) is 7.33. The molecule has 0 N–H and O–H groups in total. The van der Waals surface area contributed by atoms with Gasteiger partial charge in [-0.25, -0.2) is 8.42 Å². The van der Waals surface area contributed by atoms with E-state index in [1.807, 2.05) is 4.90 Å². The lowest BCUT2D eigenvalue weighted by molar-refractivity contribution is -0.137. The number of hydrogen-bond donors (Lipinski definition) is 0. The first-order valence-electron chi connectivity index (χ1n) is 10.3. The predicted molar refractivity (Wildman–Crippen MR) is 118 cm³/mol. The topological polar surface area (TPSA) is 60.9 Å². The van der Waals surface area contributed by atoms with E-state index in [4.69, 9.17) is 0 Å². The summed E-state index contributed by atoms with van der Waals surface area (Å²) in [5, 5.41) is 0. The number of piperazine rings is 1. The third-order valence-corrected chi connectivity index (χ3v) is 6.56. The normalized spacial score (nSPS) is 15.0. The number of hydrogen-bond acceptors (Lipinski definition) is 4. The Labute approximate surface area is 186 Å². The Morgan fingerprint density at radius 2 is 1.66 bits per heavy atom.